The predicted octanol–water partition coefficient (Wildman–Crippen LogP) is 3.63. The molecule has 0 saturated carbocycles. The van der Waals surface area contributed by atoms with Crippen molar-refractivity contribution in [3.8, 4) is 5.75 Å². The lowest BCUT2D eigenvalue weighted by molar-refractivity contribution is 0.0975. The minimum atomic E-state index is -0.447. The third-order valence-electron chi connectivity index (χ3n) is 3.16. The molecule has 20 heavy (non-hydrogen) atoms. The molecule has 3 nitrogen and oxygen atoms in total. The molecule has 1 heterocycles. The Hall–Kier alpha value is -1.88. The van der Waals surface area contributed by atoms with E-state index < -0.39 is 5.82 Å². The van der Waals surface area contributed by atoms with Crippen LogP contribution in [-0.2, 0) is 0 Å². The van der Waals surface area contributed by atoms with Gasteiger partial charge in [-0.25, -0.2) is 4.39 Å². The maximum absolute atomic E-state index is 13.6. The molecule has 0 fully saturated rings. The number of amides is 1. The molecule has 0 N–H and O–H groups in total. The maximum atomic E-state index is 13.6. The van der Waals surface area contributed by atoms with E-state index in [0.717, 1.165) is 0 Å². The van der Waals surface area contributed by atoms with E-state index >= 15 is 0 Å². The van der Waals surface area contributed by atoms with Crippen molar-refractivity contribution in [2.45, 2.75) is 0 Å². The third kappa shape index (κ3) is 2.18. The molecule has 3 rings (SSSR count). The van der Waals surface area contributed by atoms with Gasteiger partial charge in [-0.3, -0.25) is 4.79 Å². The zero-order valence-corrected chi connectivity index (χ0v) is 12.1. The number of para-hydroxylation sites is 2. The van der Waals surface area contributed by atoms with Gasteiger partial charge in [0.05, 0.1) is 22.3 Å². The van der Waals surface area contributed by atoms with Crippen LogP contribution in [0.25, 0.3) is 0 Å². The van der Waals surface area contributed by atoms with E-state index in [1.807, 2.05) is 24.3 Å². The lowest BCUT2D eigenvalue weighted by Gasteiger charge is -2.29. The van der Waals surface area contributed by atoms with Crippen LogP contribution in [0.15, 0.2) is 46.9 Å². The highest BCUT2D eigenvalue weighted by Crippen LogP contribution is 2.33. The smallest absolute Gasteiger partial charge is 0.259 e. The molecule has 1 aliphatic rings. The summed E-state index contributed by atoms with van der Waals surface area (Å²) in [5.41, 5.74) is 1.02. The Morgan fingerprint density at radius 1 is 1.20 bits per heavy atom. The van der Waals surface area contributed by atoms with Crippen molar-refractivity contribution in [2.24, 2.45) is 0 Å². The maximum Gasteiger partial charge on any atom is 0.259 e. The number of ether oxygens (including phenoxy) is 1. The third-order valence-corrected chi connectivity index (χ3v) is 3.96. The molecule has 0 unspecified atom stereocenters. The van der Waals surface area contributed by atoms with Crippen LogP contribution in [-0.4, -0.2) is 19.1 Å². The number of carbonyl (C=O) groups excluding carboxylic acids is 1. The second kappa shape index (κ2) is 5.25. The number of nitrogens with zero attached hydrogens (tertiary/aromatic N) is 1. The molecule has 0 aliphatic carbocycles. The number of carbonyl (C=O) groups is 1. The van der Waals surface area contributed by atoms with Crippen LogP contribution < -0.4 is 9.64 Å². The molecule has 1 aliphatic heterocycles. The molecule has 0 saturated heterocycles. The van der Waals surface area contributed by atoms with E-state index in [-0.39, 0.29) is 10.4 Å². The molecule has 5 heteroatoms. The minimum Gasteiger partial charge on any atom is -0.490 e. The summed E-state index contributed by atoms with van der Waals surface area (Å²) >= 11 is 3.13. The van der Waals surface area contributed by atoms with Crippen molar-refractivity contribution in [1.82, 2.24) is 0 Å². The summed E-state index contributed by atoms with van der Waals surface area (Å²) < 4.78 is 19.3. The molecule has 0 atom stereocenters. The molecule has 0 aromatic heterocycles. The number of fused-ring (bicyclic) bond motifs is 1. The van der Waals surface area contributed by atoms with Gasteiger partial charge in [0.25, 0.3) is 5.91 Å². The first kappa shape index (κ1) is 13.1. The fraction of sp³-hybridized carbons (Fsp3) is 0.133. The summed E-state index contributed by atoms with van der Waals surface area (Å²) in [5, 5.41) is 0. The van der Waals surface area contributed by atoms with Gasteiger partial charge >= 0.3 is 0 Å². The second-order valence-corrected chi connectivity index (χ2v) is 5.17. The Morgan fingerprint density at radius 2 is 2.00 bits per heavy atom. The van der Waals surface area contributed by atoms with Gasteiger partial charge in [0.2, 0.25) is 0 Å². The highest BCUT2D eigenvalue weighted by atomic mass is 79.9. The average molecular weight is 336 g/mol. The summed E-state index contributed by atoms with van der Waals surface area (Å²) in [6, 6.07) is 11.8. The molecule has 102 valence electrons. The van der Waals surface area contributed by atoms with Crippen LogP contribution in [0.5, 0.6) is 5.75 Å². The Morgan fingerprint density at radius 3 is 2.85 bits per heavy atom. The first-order valence-corrected chi connectivity index (χ1v) is 6.95. The fourth-order valence-corrected chi connectivity index (χ4v) is 2.63. The van der Waals surface area contributed by atoms with Crippen LogP contribution in [0, 0.1) is 5.82 Å². The number of hydrogen-bond acceptors (Lipinski definition) is 2. The van der Waals surface area contributed by atoms with Crippen LogP contribution in [0.4, 0.5) is 10.1 Å². The molecule has 0 radical (unpaired) electrons. The quantitative estimate of drug-likeness (QED) is 0.796. The lowest BCUT2D eigenvalue weighted by atomic mass is 10.1. The zero-order chi connectivity index (χ0) is 14.1. The molecule has 2 aromatic rings. The highest BCUT2D eigenvalue weighted by Gasteiger charge is 2.26. The topological polar surface area (TPSA) is 29.5 Å². The van der Waals surface area contributed by atoms with Crippen LogP contribution in [0.3, 0.4) is 0 Å². The van der Waals surface area contributed by atoms with Gasteiger partial charge in [-0.2, -0.15) is 0 Å². The number of halogens is 2. The van der Waals surface area contributed by atoms with E-state index in [0.29, 0.717) is 30.2 Å². The van der Waals surface area contributed by atoms with Gasteiger partial charge in [-0.05, 0) is 40.2 Å². The lowest BCUT2D eigenvalue weighted by Crippen LogP contribution is -2.38. The Bertz CT molecular complexity index is 675. The first-order valence-electron chi connectivity index (χ1n) is 6.16. The number of benzene rings is 2. The monoisotopic (exact) mass is 335 g/mol. The number of anilines is 1. The molecule has 0 bridgehead atoms. The molecule has 0 spiro atoms. The van der Waals surface area contributed by atoms with Crippen molar-refractivity contribution >= 4 is 27.5 Å². The van der Waals surface area contributed by atoms with Gasteiger partial charge in [0.15, 0.2) is 0 Å². The Labute approximate surface area is 124 Å². The van der Waals surface area contributed by atoms with Gasteiger partial charge in [0.1, 0.15) is 18.2 Å². The van der Waals surface area contributed by atoms with Gasteiger partial charge in [-0.15, -0.1) is 0 Å². The van der Waals surface area contributed by atoms with E-state index in [1.54, 1.807) is 11.0 Å². The van der Waals surface area contributed by atoms with E-state index in [1.165, 1.54) is 12.1 Å². The largest absolute Gasteiger partial charge is 0.490 e. The SMILES string of the molecule is O=C(c1cccc(F)c1Br)N1CCOc2ccccc21. The van der Waals surface area contributed by atoms with E-state index in [4.69, 9.17) is 4.74 Å². The van der Waals surface area contributed by atoms with Crippen molar-refractivity contribution in [1.29, 1.82) is 0 Å². The van der Waals surface area contributed by atoms with Crippen LogP contribution >= 0.6 is 15.9 Å². The van der Waals surface area contributed by atoms with Crippen molar-refractivity contribution in [3.63, 3.8) is 0 Å². The van der Waals surface area contributed by atoms with Gasteiger partial charge in [-0.1, -0.05) is 18.2 Å². The minimum absolute atomic E-state index is 0.189. The summed E-state index contributed by atoms with van der Waals surface area (Å²) in [5.74, 6) is -0.0239. The highest BCUT2D eigenvalue weighted by molar-refractivity contribution is 9.10. The molecular weight excluding hydrogens is 325 g/mol. The fourth-order valence-electron chi connectivity index (χ4n) is 2.19. The standard InChI is InChI=1S/C15H11BrFNO2/c16-14-10(4-3-5-11(14)17)15(19)18-8-9-20-13-7-2-1-6-12(13)18/h1-7H,8-9H2. The predicted molar refractivity (Wildman–Crippen MR) is 77.7 cm³/mol. The van der Waals surface area contributed by atoms with Crippen molar-refractivity contribution in [2.75, 3.05) is 18.1 Å². The second-order valence-electron chi connectivity index (χ2n) is 4.37. The Kier molecular flexibility index (Phi) is 3.44. The zero-order valence-electron chi connectivity index (χ0n) is 10.5. The van der Waals surface area contributed by atoms with Gasteiger partial charge < -0.3 is 9.64 Å². The average Bonchev–Trinajstić information content (AvgIpc) is 2.49. The van der Waals surface area contributed by atoms with E-state index in [2.05, 4.69) is 15.9 Å². The molecular formula is C15H11BrFNO2. The number of rotatable bonds is 1. The summed E-state index contributed by atoms with van der Waals surface area (Å²) in [6.07, 6.45) is 0. The first-order chi connectivity index (χ1) is 9.68. The summed E-state index contributed by atoms with van der Waals surface area (Å²) in [7, 11) is 0. The van der Waals surface area contributed by atoms with Crippen LogP contribution in [0.1, 0.15) is 10.4 Å². The van der Waals surface area contributed by atoms with Crippen molar-refractivity contribution < 1.29 is 13.9 Å². The summed E-state index contributed by atoms with van der Waals surface area (Å²) in [4.78, 5) is 14.2. The van der Waals surface area contributed by atoms with Crippen molar-refractivity contribution in [3.05, 3.63) is 58.3 Å². The normalized spacial score (nSPS) is 13.6. The van der Waals surface area contributed by atoms with Gasteiger partial charge in [0, 0.05) is 0 Å². The number of hydrogen-bond donors (Lipinski definition) is 0. The molecule has 1 amide bonds. The Balaban J connectivity index is 2.02. The van der Waals surface area contributed by atoms with E-state index in [9.17, 15) is 9.18 Å². The van der Waals surface area contributed by atoms with Crippen LogP contribution in [0.2, 0.25) is 0 Å². The molecule has 2 aromatic carbocycles. The summed E-state index contributed by atoms with van der Waals surface area (Å²) in [6.45, 7) is 0.870.